The van der Waals surface area contributed by atoms with Crippen molar-refractivity contribution >= 4 is 5.91 Å². The van der Waals surface area contributed by atoms with Crippen LogP contribution in [0.3, 0.4) is 0 Å². The zero-order chi connectivity index (χ0) is 11.8. The van der Waals surface area contributed by atoms with Crippen LogP contribution in [0, 0.1) is 0 Å². The number of carbonyl (C=O) groups excluding carboxylic acids is 1. The first kappa shape index (κ1) is 10.8. The summed E-state index contributed by atoms with van der Waals surface area (Å²) < 4.78 is 15.2. The maximum atomic E-state index is 13.1. The minimum atomic E-state index is -0.838. The second-order valence-corrected chi connectivity index (χ2v) is 4.96. The minimum Gasteiger partial charge on any atom is -0.341 e. The maximum Gasteiger partial charge on any atom is 0.270 e. The normalized spacial score (nSPS) is 23.8. The lowest BCUT2D eigenvalue weighted by Gasteiger charge is -2.20. The van der Waals surface area contributed by atoms with E-state index in [1.807, 2.05) is 12.1 Å². The SMILES string of the molecule is O=C(c1ccc2n1CCCC2)N1CCC(F)C1. The highest BCUT2D eigenvalue weighted by Gasteiger charge is 2.29. The summed E-state index contributed by atoms with van der Waals surface area (Å²) in [6.07, 6.45) is 3.04. The maximum absolute atomic E-state index is 13.1. The van der Waals surface area contributed by atoms with Crippen molar-refractivity contribution < 1.29 is 9.18 Å². The van der Waals surface area contributed by atoms with Crippen molar-refractivity contribution in [1.29, 1.82) is 0 Å². The zero-order valence-electron chi connectivity index (χ0n) is 9.86. The summed E-state index contributed by atoms with van der Waals surface area (Å²) in [5.41, 5.74) is 1.99. The fourth-order valence-electron chi connectivity index (χ4n) is 2.82. The molecule has 1 amide bonds. The molecule has 17 heavy (non-hydrogen) atoms. The number of alkyl halides is 1. The van der Waals surface area contributed by atoms with Crippen molar-refractivity contribution in [2.24, 2.45) is 0 Å². The second-order valence-electron chi connectivity index (χ2n) is 4.96. The van der Waals surface area contributed by atoms with Gasteiger partial charge in [0, 0.05) is 18.8 Å². The van der Waals surface area contributed by atoms with E-state index in [0.717, 1.165) is 25.1 Å². The predicted molar refractivity (Wildman–Crippen MR) is 62.8 cm³/mol. The summed E-state index contributed by atoms with van der Waals surface area (Å²) in [4.78, 5) is 13.9. The van der Waals surface area contributed by atoms with Gasteiger partial charge in [0.2, 0.25) is 0 Å². The van der Waals surface area contributed by atoms with Crippen LogP contribution in [-0.2, 0) is 13.0 Å². The number of hydrogen-bond donors (Lipinski definition) is 0. The topological polar surface area (TPSA) is 25.2 Å². The van der Waals surface area contributed by atoms with Gasteiger partial charge in [-0.25, -0.2) is 4.39 Å². The van der Waals surface area contributed by atoms with Crippen molar-refractivity contribution in [3.05, 3.63) is 23.5 Å². The van der Waals surface area contributed by atoms with Crippen molar-refractivity contribution in [3.63, 3.8) is 0 Å². The van der Waals surface area contributed by atoms with E-state index in [1.54, 1.807) is 4.90 Å². The number of likely N-dealkylation sites (tertiary alicyclic amines) is 1. The molecule has 0 N–H and O–H groups in total. The van der Waals surface area contributed by atoms with Crippen molar-refractivity contribution in [3.8, 4) is 0 Å². The van der Waals surface area contributed by atoms with Gasteiger partial charge >= 0.3 is 0 Å². The highest BCUT2D eigenvalue weighted by atomic mass is 19.1. The van der Waals surface area contributed by atoms with Crippen LogP contribution in [0.25, 0.3) is 0 Å². The van der Waals surface area contributed by atoms with E-state index in [0.29, 0.717) is 13.0 Å². The van der Waals surface area contributed by atoms with Crippen molar-refractivity contribution in [2.75, 3.05) is 13.1 Å². The lowest BCUT2D eigenvalue weighted by atomic mass is 10.1. The first-order valence-electron chi connectivity index (χ1n) is 6.37. The molecule has 2 aliphatic heterocycles. The van der Waals surface area contributed by atoms with E-state index >= 15 is 0 Å². The molecule has 1 saturated heterocycles. The number of nitrogens with zero attached hydrogens (tertiary/aromatic N) is 2. The average Bonchev–Trinajstić information content (AvgIpc) is 2.94. The van der Waals surface area contributed by atoms with Crippen LogP contribution in [0.4, 0.5) is 4.39 Å². The molecule has 3 nitrogen and oxygen atoms in total. The summed E-state index contributed by atoms with van der Waals surface area (Å²) in [5, 5.41) is 0. The van der Waals surface area contributed by atoms with E-state index in [1.165, 1.54) is 12.1 Å². The summed E-state index contributed by atoms with van der Waals surface area (Å²) in [7, 11) is 0. The molecule has 1 aromatic heterocycles. The highest BCUT2D eigenvalue weighted by Crippen LogP contribution is 2.22. The van der Waals surface area contributed by atoms with Crippen LogP contribution in [0.5, 0.6) is 0 Å². The Bertz CT molecular complexity index is 441. The van der Waals surface area contributed by atoms with E-state index < -0.39 is 6.17 Å². The lowest BCUT2D eigenvalue weighted by molar-refractivity contribution is 0.0771. The molecule has 0 spiro atoms. The first-order chi connectivity index (χ1) is 8.25. The molecule has 92 valence electrons. The van der Waals surface area contributed by atoms with Gasteiger partial charge in [-0.05, 0) is 37.8 Å². The van der Waals surface area contributed by atoms with Crippen molar-refractivity contribution in [2.45, 2.75) is 38.4 Å². The van der Waals surface area contributed by atoms with Crippen LogP contribution >= 0.6 is 0 Å². The second kappa shape index (κ2) is 4.17. The quantitative estimate of drug-likeness (QED) is 0.732. The third kappa shape index (κ3) is 1.85. The molecule has 1 aromatic rings. The van der Waals surface area contributed by atoms with Gasteiger partial charge in [0.05, 0.1) is 6.54 Å². The Hall–Kier alpha value is -1.32. The molecule has 0 aromatic carbocycles. The van der Waals surface area contributed by atoms with Crippen LogP contribution in [0.15, 0.2) is 12.1 Å². The smallest absolute Gasteiger partial charge is 0.270 e. The number of aromatic nitrogens is 1. The van der Waals surface area contributed by atoms with Gasteiger partial charge in [-0.2, -0.15) is 0 Å². The van der Waals surface area contributed by atoms with Crippen LogP contribution in [-0.4, -0.2) is 34.6 Å². The van der Waals surface area contributed by atoms with Gasteiger partial charge in [0.25, 0.3) is 5.91 Å². The number of halogens is 1. The van der Waals surface area contributed by atoms with Crippen LogP contribution < -0.4 is 0 Å². The molecule has 0 aliphatic carbocycles. The van der Waals surface area contributed by atoms with E-state index in [4.69, 9.17) is 0 Å². The number of rotatable bonds is 1. The number of hydrogen-bond acceptors (Lipinski definition) is 1. The minimum absolute atomic E-state index is 0.00157. The Labute approximate surface area is 100 Å². The predicted octanol–water partition coefficient (Wildman–Crippen LogP) is 2.01. The summed E-state index contributed by atoms with van der Waals surface area (Å²) in [6.45, 7) is 1.75. The van der Waals surface area contributed by atoms with Gasteiger partial charge < -0.3 is 9.47 Å². The number of carbonyl (C=O) groups is 1. The van der Waals surface area contributed by atoms with Gasteiger partial charge in [0.15, 0.2) is 0 Å². The highest BCUT2D eigenvalue weighted by molar-refractivity contribution is 5.93. The average molecular weight is 236 g/mol. The molecule has 1 atom stereocenters. The molecule has 1 fully saturated rings. The molecule has 0 saturated carbocycles. The fourth-order valence-corrected chi connectivity index (χ4v) is 2.82. The Morgan fingerprint density at radius 2 is 2.18 bits per heavy atom. The van der Waals surface area contributed by atoms with E-state index in [2.05, 4.69) is 4.57 Å². The van der Waals surface area contributed by atoms with Gasteiger partial charge in [-0.15, -0.1) is 0 Å². The van der Waals surface area contributed by atoms with Gasteiger partial charge in [-0.1, -0.05) is 0 Å². The summed E-state index contributed by atoms with van der Waals surface area (Å²) in [6, 6.07) is 3.93. The molecule has 1 unspecified atom stereocenters. The Morgan fingerprint density at radius 1 is 1.29 bits per heavy atom. The summed E-state index contributed by atoms with van der Waals surface area (Å²) in [5.74, 6) is -0.00157. The van der Waals surface area contributed by atoms with E-state index in [-0.39, 0.29) is 12.5 Å². The molecule has 2 aliphatic rings. The number of amides is 1. The standard InChI is InChI=1S/C13H17FN2O/c14-10-6-8-15(9-10)13(17)12-5-4-11-3-1-2-7-16(11)12/h4-5,10H,1-3,6-9H2. The molecular formula is C13H17FN2O. The summed E-state index contributed by atoms with van der Waals surface area (Å²) >= 11 is 0. The van der Waals surface area contributed by atoms with Gasteiger partial charge in [-0.3, -0.25) is 4.79 Å². The Kier molecular flexibility index (Phi) is 2.65. The number of aryl methyl sites for hydroxylation is 1. The van der Waals surface area contributed by atoms with Crippen LogP contribution in [0.1, 0.15) is 35.4 Å². The molecule has 3 heterocycles. The number of fused-ring (bicyclic) bond motifs is 1. The molecular weight excluding hydrogens is 219 g/mol. The third-order valence-electron chi connectivity index (χ3n) is 3.77. The lowest BCUT2D eigenvalue weighted by Crippen LogP contribution is -2.31. The Balaban J connectivity index is 1.84. The molecule has 0 radical (unpaired) electrons. The molecule has 0 bridgehead atoms. The molecule has 4 heteroatoms. The zero-order valence-corrected chi connectivity index (χ0v) is 9.86. The fraction of sp³-hybridized carbons (Fsp3) is 0.615. The van der Waals surface area contributed by atoms with E-state index in [9.17, 15) is 9.18 Å². The monoisotopic (exact) mass is 236 g/mol. The Morgan fingerprint density at radius 3 is 2.94 bits per heavy atom. The third-order valence-corrected chi connectivity index (χ3v) is 3.77. The first-order valence-corrected chi connectivity index (χ1v) is 6.37. The molecule has 3 rings (SSSR count). The van der Waals surface area contributed by atoms with Crippen molar-refractivity contribution in [1.82, 2.24) is 9.47 Å². The largest absolute Gasteiger partial charge is 0.341 e. The van der Waals surface area contributed by atoms with Crippen LogP contribution in [0.2, 0.25) is 0 Å². The van der Waals surface area contributed by atoms with Gasteiger partial charge in [0.1, 0.15) is 11.9 Å².